The molecule has 0 radical (unpaired) electrons. The molecule has 1 amide bonds. The van der Waals surface area contributed by atoms with Gasteiger partial charge in [-0.25, -0.2) is 9.78 Å². The molecule has 8 heteroatoms. The zero-order valence-electron chi connectivity index (χ0n) is 13.4. The summed E-state index contributed by atoms with van der Waals surface area (Å²) in [5.41, 5.74) is -0.582. The summed E-state index contributed by atoms with van der Waals surface area (Å²) in [6, 6.07) is 5.75. The first-order chi connectivity index (χ1) is 11.5. The first-order valence-corrected chi connectivity index (χ1v) is 7.79. The van der Waals surface area contributed by atoms with Crippen molar-refractivity contribution in [1.29, 1.82) is 0 Å². The molecule has 1 N–H and O–H groups in total. The Hall–Kier alpha value is -2.90. The standard InChI is InChI=1S/C16H19N5O3/c1-12-10-21(16(24)18-15(12)23)11-14(22)20-8-6-19(7-9-20)13-4-2-3-5-17-13/h2-5,10H,6-9,11H2,1H3,(H,18,23,24). The van der Waals surface area contributed by atoms with E-state index in [4.69, 9.17) is 0 Å². The van der Waals surface area contributed by atoms with Crippen LogP contribution in [0.3, 0.4) is 0 Å². The Kier molecular flexibility index (Phi) is 4.45. The minimum Gasteiger partial charge on any atom is -0.353 e. The minimum absolute atomic E-state index is 0.0694. The number of carbonyl (C=O) groups excluding carboxylic acids is 1. The second kappa shape index (κ2) is 6.69. The van der Waals surface area contributed by atoms with Crippen molar-refractivity contribution < 1.29 is 4.79 Å². The van der Waals surface area contributed by atoms with Crippen LogP contribution in [0.5, 0.6) is 0 Å². The number of aromatic amines is 1. The van der Waals surface area contributed by atoms with Crippen LogP contribution in [0.1, 0.15) is 5.56 Å². The van der Waals surface area contributed by atoms with Crippen LogP contribution >= 0.6 is 0 Å². The van der Waals surface area contributed by atoms with Gasteiger partial charge in [0.1, 0.15) is 12.4 Å². The second-order valence-corrected chi connectivity index (χ2v) is 5.76. The van der Waals surface area contributed by atoms with E-state index in [1.807, 2.05) is 18.2 Å². The van der Waals surface area contributed by atoms with Gasteiger partial charge in [-0.15, -0.1) is 0 Å². The number of anilines is 1. The zero-order valence-corrected chi connectivity index (χ0v) is 13.4. The van der Waals surface area contributed by atoms with Gasteiger partial charge in [0.05, 0.1) is 0 Å². The molecule has 0 spiro atoms. The molecule has 3 rings (SSSR count). The van der Waals surface area contributed by atoms with Crippen LogP contribution in [0.15, 0.2) is 40.2 Å². The number of nitrogens with one attached hydrogen (secondary N) is 1. The number of piperazine rings is 1. The summed E-state index contributed by atoms with van der Waals surface area (Å²) >= 11 is 0. The maximum Gasteiger partial charge on any atom is 0.328 e. The smallest absolute Gasteiger partial charge is 0.328 e. The van der Waals surface area contributed by atoms with Crippen LogP contribution in [0.2, 0.25) is 0 Å². The Balaban J connectivity index is 1.63. The highest BCUT2D eigenvalue weighted by Gasteiger charge is 2.22. The number of amides is 1. The van der Waals surface area contributed by atoms with E-state index in [0.717, 1.165) is 5.82 Å². The fourth-order valence-corrected chi connectivity index (χ4v) is 2.71. The van der Waals surface area contributed by atoms with Crippen LogP contribution in [-0.2, 0) is 11.3 Å². The molecule has 1 saturated heterocycles. The highest BCUT2D eigenvalue weighted by molar-refractivity contribution is 5.76. The molecule has 0 saturated carbocycles. The van der Waals surface area contributed by atoms with Crippen molar-refractivity contribution in [2.24, 2.45) is 0 Å². The molecule has 24 heavy (non-hydrogen) atoms. The lowest BCUT2D eigenvalue weighted by Crippen LogP contribution is -2.50. The van der Waals surface area contributed by atoms with Crippen molar-refractivity contribution >= 4 is 11.7 Å². The van der Waals surface area contributed by atoms with Crippen molar-refractivity contribution in [3.8, 4) is 0 Å². The predicted molar refractivity (Wildman–Crippen MR) is 89.1 cm³/mol. The topological polar surface area (TPSA) is 91.3 Å². The summed E-state index contributed by atoms with van der Waals surface area (Å²) in [5.74, 6) is 0.765. The van der Waals surface area contributed by atoms with Crippen LogP contribution < -0.4 is 16.1 Å². The molecule has 1 aliphatic heterocycles. The number of hydrogen-bond donors (Lipinski definition) is 1. The first kappa shape index (κ1) is 16.0. The minimum atomic E-state index is -0.564. The molecule has 0 aliphatic carbocycles. The highest BCUT2D eigenvalue weighted by atomic mass is 16.2. The number of rotatable bonds is 3. The van der Waals surface area contributed by atoms with Gasteiger partial charge in [0.15, 0.2) is 0 Å². The SMILES string of the molecule is Cc1cn(CC(=O)N2CCN(c3ccccn3)CC2)c(=O)[nH]c1=O. The van der Waals surface area contributed by atoms with Gasteiger partial charge in [-0.2, -0.15) is 0 Å². The molecule has 126 valence electrons. The summed E-state index contributed by atoms with van der Waals surface area (Å²) in [5, 5.41) is 0. The summed E-state index contributed by atoms with van der Waals surface area (Å²) in [6.07, 6.45) is 3.17. The normalized spacial score (nSPS) is 14.7. The van der Waals surface area contributed by atoms with E-state index in [2.05, 4.69) is 14.9 Å². The van der Waals surface area contributed by atoms with Crippen LogP contribution in [0.4, 0.5) is 5.82 Å². The molecule has 1 fully saturated rings. The van der Waals surface area contributed by atoms with E-state index in [9.17, 15) is 14.4 Å². The average molecular weight is 329 g/mol. The molecule has 0 bridgehead atoms. The maximum atomic E-state index is 12.4. The van der Waals surface area contributed by atoms with Gasteiger partial charge >= 0.3 is 5.69 Å². The number of pyridine rings is 1. The fourth-order valence-electron chi connectivity index (χ4n) is 2.71. The molecule has 2 aromatic heterocycles. The monoisotopic (exact) mass is 329 g/mol. The number of aryl methyl sites for hydroxylation is 1. The lowest BCUT2D eigenvalue weighted by atomic mass is 10.3. The molecule has 3 heterocycles. The molecule has 0 aromatic carbocycles. The summed E-state index contributed by atoms with van der Waals surface area (Å²) < 4.78 is 1.24. The Labute approximate surface area is 138 Å². The summed E-state index contributed by atoms with van der Waals surface area (Å²) in [7, 11) is 0. The van der Waals surface area contributed by atoms with Gasteiger partial charge in [0.25, 0.3) is 5.56 Å². The predicted octanol–water partition coefficient (Wildman–Crippen LogP) is -0.411. The zero-order chi connectivity index (χ0) is 17.1. The summed E-state index contributed by atoms with van der Waals surface area (Å²) in [4.78, 5) is 45.9. The van der Waals surface area contributed by atoms with Crippen molar-refractivity contribution in [1.82, 2.24) is 19.4 Å². The number of aromatic nitrogens is 3. The van der Waals surface area contributed by atoms with Crippen LogP contribution in [0, 0.1) is 6.92 Å². The Morgan fingerprint density at radius 2 is 1.96 bits per heavy atom. The largest absolute Gasteiger partial charge is 0.353 e. The Bertz CT molecular complexity index is 835. The van der Waals surface area contributed by atoms with Crippen LogP contribution in [-0.4, -0.2) is 51.5 Å². The van der Waals surface area contributed by atoms with Gasteiger partial charge in [-0.05, 0) is 19.1 Å². The third kappa shape index (κ3) is 3.37. The van der Waals surface area contributed by atoms with E-state index in [1.165, 1.54) is 10.8 Å². The van der Waals surface area contributed by atoms with E-state index < -0.39 is 11.2 Å². The molecular weight excluding hydrogens is 310 g/mol. The van der Waals surface area contributed by atoms with Crippen molar-refractivity contribution in [3.05, 3.63) is 57.0 Å². The Morgan fingerprint density at radius 1 is 1.21 bits per heavy atom. The third-order valence-corrected chi connectivity index (χ3v) is 4.10. The van der Waals surface area contributed by atoms with Gasteiger partial charge in [0.2, 0.25) is 5.91 Å². The fraction of sp³-hybridized carbons (Fsp3) is 0.375. The molecular formula is C16H19N5O3. The van der Waals surface area contributed by atoms with Crippen molar-refractivity contribution in [2.75, 3.05) is 31.1 Å². The number of nitrogens with zero attached hydrogens (tertiary/aromatic N) is 4. The molecule has 0 atom stereocenters. The summed E-state index contributed by atoms with van der Waals surface area (Å²) in [6.45, 7) is 4.08. The number of hydrogen-bond acceptors (Lipinski definition) is 5. The molecule has 2 aromatic rings. The first-order valence-electron chi connectivity index (χ1n) is 7.79. The molecule has 1 aliphatic rings. The number of H-pyrrole nitrogens is 1. The second-order valence-electron chi connectivity index (χ2n) is 5.76. The van der Waals surface area contributed by atoms with Gasteiger partial charge in [-0.1, -0.05) is 6.07 Å². The quantitative estimate of drug-likeness (QED) is 0.826. The van der Waals surface area contributed by atoms with Gasteiger partial charge in [-0.3, -0.25) is 19.1 Å². The number of carbonyl (C=O) groups is 1. The van der Waals surface area contributed by atoms with Crippen molar-refractivity contribution in [3.63, 3.8) is 0 Å². The van der Waals surface area contributed by atoms with E-state index in [0.29, 0.717) is 31.7 Å². The lowest BCUT2D eigenvalue weighted by molar-refractivity contribution is -0.132. The molecule has 0 unspecified atom stereocenters. The van der Waals surface area contributed by atoms with Crippen LogP contribution in [0.25, 0.3) is 0 Å². The highest BCUT2D eigenvalue weighted by Crippen LogP contribution is 2.12. The maximum absolute atomic E-state index is 12.4. The Morgan fingerprint density at radius 3 is 2.62 bits per heavy atom. The lowest BCUT2D eigenvalue weighted by Gasteiger charge is -2.35. The molecule has 8 nitrogen and oxygen atoms in total. The van der Waals surface area contributed by atoms with Gasteiger partial charge in [0, 0.05) is 44.1 Å². The van der Waals surface area contributed by atoms with E-state index in [1.54, 1.807) is 18.0 Å². The van der Waals surface area contributed by atoms with Crippen molar-refractivity contribution in [2.45, 2.75) is 13.5 Å². The van der Waals surface area contributed by atoms with E-state index in [-0.39, 0.29) is 12.5 Å². The van der Waals surface area contributed by atoms with Gasteiger partial charge < -0.3 is 9.80 Å². The van der Waals surface area contributed by atoms with E-state index >= 15 is 0 Å². The average Bonchev–Trinajstić information content (AvgIpc) is 2.60. The third-order valence-electron chi connectivity index (χ3n) is 4.10.